The summed E-state index contributed by atoms with van der Waals surface area (Å²) in [6.45, 7) is 1.38. The van der Waals surface area contributed by atoms with Gasteiger partial charge in [0.1, 0.15) is 23.9 Å². The molecule has 7 nitrogen and oxygen atoms in total. The lowest BCUT2D eigenvalue weighted by molar-refractivity contribution is -0.114. The summed E-state index contributed by atoms with van der Waals surface area (Å²) in [6, 6.07) is 12.8. The van der Waals surface area contributed by atoms with Crippen molar-refractivity contribution in [2.45, 2.75) is 18.9 Å². The molecule has 0 aromatic heterocycles. The van der Waals surface area contributed by atoms with E-state index in [0.717, 1.165) is 25.1 Å². The fourth-order valence-corrected chi connectivity index (χ4v) is 2.98. The number of hydrogen-bond acceptors (Lipinski definition) is 6. The number of rotatable bonds is 9. The topological polar surface area (TPSA) is 78.1 Å². The molecule has 1 heterocycles. The summed E-state index contributed by atoms with van der Waals surface area (Å²) >= 11 is 0. The molecule has 1 aliphatic rings. The van der Waals surface area contributed by atoms with Crippen LogP contribution in [0.15, 0.2) is 42.5 Å². The maximum absolute atomic E-state index is 12.4. The highest BCUT2D eigenvalue weighted by Crippen LogP contribution is 2.29. The minimum absolute atomic E-state index is 0.0840. The molecule has 0 spiro atoms. The second-order valence-corrected chi connectivity index (χ2v) is 6.41. The van der Waals surface area contributed by atoms with Crippen LogP contribution in [-0.4, -0.2) is 46.0 Å². The quantitative estimate of drug-likeness (QED) is 0.688. The average Bonchev–Trinajstić information content (AvgIpc) is 3.25. The molecule has 1 aliphatic heterocycles. The third kappa shape index (κ3) is 5.29. The third-order valence-corrected chi connectivity index (χ3v) is 4.46. The van der Waals surface area contributed by atoms with Crippen LogP contribution in [0.2, 0.25) is 0 Å². The van der Waals surface area contributed by atoms with Crippen molar-refractivity contribution in [1.29, 1.82) is 0 Å². The molecule has 2 aromatic carbocycles. The van der Waals surface area contributed by atoms with Crippen LogP contribution in [0.1, 0.15) is 12.8 Å². The van der Waals surface area contributed by atoms with Gasteiger partial charge in [-0.25, -0.2) is 0 Å². The van der Waals surface area contributed by atoms with E-state index in [0.29, 0.717) is 29.5 Å². The first-order valence-corrected chi connectivity index (χ1v) is 9.29. The summed E-state index contributed by atoms with van der Waals surface area (Å²) in [5.74, 6) is 1.69. The predicted molar refractivity (Wildman–Crippen MR) is 108 cm³/mol. The number of methoxy groups -OCH3 is 2. The van der Waals surface area contributed by atoms with Crippen molar-refractivity contribution in [1.82, 2.24) is 0 Å². The van der Waals surface area contributed by atoms with Gasteiger partial charge in [-0.1, -0.05) is 12.1 Å². The molecule has 1 fully saturated rings. The van der Waals surface area contributed by atoms with Crippen LogP contribution < -0.4 is 24.8 Å². The molecule has 1 unspecified atom stereocenters. The van der Waals surface area contributed by atoms with Gasteiger partial charge in [-0.2, -0.15) is 0 Å². The largest absolute Gasteiger partial charge is 0.497 e. The third-order valence-electron chi connectivity index (χ3n) is 4.46. The van der Waals surface area contributed by atoms with Gasteiger partial charge in [-0.05, 0) is 37.1 Å². The summed E-state index contributed by atoms with van der Waals surface area (Å²) in [6.07, 6.45) is 2.22. The fraction of sp³-hybridized carbons (Fsp3) is 0.381. The van der Waals surface area contributed by atoms with Crippen LogP contribution in [0, 0.1) is 0 Å². The minimum atomic E-state index is -0.208. The summed E-state index contributed by atoms with van der Waals surface area (Å²) < 4.78 is 22.0. The molecule has 2 aromatic rings. The molecule has 1 atom stereocenters. The first-order chi connectivity index (χ1) is 13.7. The van der Waals surface area contributed by atoms with Crippen molar-refractivity contribution in [3.63, 3.8) is 0 Å². The number of ether oxygens (including phenoxy) is 4. The maximum Gasteiger partial charge on any atom is 0.243 e. The summed E-state index contributed by atoms with van der Waals surface area (Å²) in [5.41, 5.74) is 1.31. The van der Waals surface area contributed by atoms with Crippen molar-refractivity contribution < 1.29 is 23.7 Å². The highest BCUT2D eigenvalue weighted by atomic mass is 16.5. The Balaban J connectivity index is 1.57. The molecule has 3 rings (SSSR count). The van der Waals surface area contributed by atoms with Crippen molar-refractivity contribution in [3.05, 3.63) is 42.5 Å². The molecule has 1 saturated heterocycles. The first kappa shape index (κ1) is 19.8. The molecule has 0 saturated carbocycles. The average molecular weight is 386 g/mol. The number of hydrogen-bond donors (Lipinski definition) is 2. The number of benzene rings is 2. The van der Waals surface area contributed by atoms with E-state index in [2.05, 4.69) is 10.6 Å². The van der Waals surface area contributed by atoms with E-state index in [1.807, 2.05) is 24.3 Å². The van der Waals surface area contributed by atoms with E-state index >= 15 is 0 Å². The second kappa shape index (κ2) is 9.85. The standard InChI is InChI=1S/C21H26N2O5/c1-25-15-9-10-19(26-2)18(12-15)23-21(24)13-22-17-7-3-4-8-20(17)28-14-16-6-5-11-27-16/h3-4,7-10,12,16,22H,5-6,11,13-14H2,1-2H3,(H,23,24). The molecule has 1 amide bonds. The molecule has 0 aliphatic carbocycles. The van der Waals surface area contributed by atoms with E-state index in [1.165, 1.54) is 0 Å². The zero-order valence-corrected chi connectivity index (χ0v) is 16.2. The van der Waals surface area contributed by atoms with Gasteiger partial charge in [0.2, 0.25) is 5.91 Å². The Kier molecular flexibility index (Phi) is 6.97. The molecule has 28 heavy (non-hydrogen) atoms. The van der Waals surface area contributed by atoms with Gasteiger partial charge in [-0.15, -0.1) is 0 Å². The Bertz CT molecular complexity index is 790. The van der Waals surface area contributed by atoms with Crippen LogP contribution in [0.5, 0.6) is 17.2 Å². The molecular formula is C21H26N2O5. The van der Waals surface area contributed by atoms with E-state index in [4.69, 9.17) is 18.9 Å². The van der Waals surface area contributed by atoms with Crippen LogP contribution in [0.25, 0.3) is 0 Å². The van der Waals surface area contributed by atoms with Crippen LogP contribution >= 0.6 is 0 Å². The molecule has 150 valence electrons. The van der Waals surface area contributed by atoms with Crippen molar-refractivity contribution >= 4 is 17.3 Å². The summed E-state index contributed by atoms with van der Waals surface area (Å²) in [7, 11) is 3.12. The SMILES string of the molecule is COc1ccc(OC)c(NC(=O)CNc2ccccc2OCC2CCCO2)c1. The molecule has 0 bridgehead atoms. The van der Waals surface area contributed by atoms with Gasteiger partial charge in [-0.3, -0.25) is 4.79 Å². The van der Waals surface area contributed by atoms with Gasteiger partial charge in [0.25, 0.3) is 0 Å². The van der Waals surface area contributed by atoms with Crippen LogP contribution in [0.3, 0.4) is 0 Å². The van der Waals surface area contributed by atoms with Crippen LogP contribution in [-0.2, 0) is 9.53 Å². The summed E-state index contributed by atoms with van der Waals surface area (Å²) in [5, 5.41) is 5.96. The molecule has 0 radical (unpaired) electrons. The van der Waals surface area contributed by atoms with E-state index in [1.54, 1.807) is 32.4 Å². The molecule has 2 N–H and O–H groups in total. The lowest BCUT2D eigenvalue weighted by atomic mass is 10.2. The number of carbonyl (C=O) groups is 1. The smallest absolute Gasteiger partial charge is 0.243 e. The van der Waals surface area contributed by atoms with Gasteiger partial charge in [0, 0.05) is 12.7 Å². The van der Waals surface area contributed by atoms with E-state index < -0.39 is 0 Å². The second-order valence-electron chi connectivity index (χ2n) is 6.41. The van der Waals surface area contributed by atoms with Crippen LogP contribution in [0.4, 0.5) is 11.4 Å². The highest BCUT2D eigenvalue weighted by molar-refractivity contribution is 5.95. The Morgan fingerprint density at radius 3 is 2.71 bits per heavy atom. The van der Waals surface area contributed by atoms with E-state index in [9.17, 15) is 4.79 Å². The first-order valence-electron chi connectivity index (χ1n) is 9.29. The van der Waals surface area contributed by atoms with Crippen molar-refractivity contribution in [2.75, 3.05) is 44.6 Å². The van der Waals surface area contributed by atoms with E-state index in [-0.39, 0.29) is 18.6 Å². The fourth-order valence-electron chi connectivity index (χ4n) is 2.98. The number of nitrogens with one attached hydrogen (secondary N) is 2. The molecule has 7 heteroatoms. The lowest BCUT2D eigenvalue weighted by Gasteiger charge is -2.16. The maximum atomic E-state index is 12.4. The Hall–Kier alpha value is -2.93. The van der Waals surface area contributed by atoms with Crippen molar-refractivity contribution in [2.24, 2.45) is 0 Å². The number of para-hydroxylation sites is 2. The molecular weight excluding hydrogens is 360 g/mol. The van der Waals surface area contributed by atoms with Gasteiger partial charge < -0.3 is 29.6 Å². The Morgan fingerprint density at radius 1 is 1.11 bits per heavy atom. The zero-order chi connectivity index (χ0) is 19.8. The number of carbonyl (C=O) groups excluding carboxylic acids is 1. The van der Waals surface area contributed by atoms with Gasteiger partial charge in [0.05, 0.1) is 38.2 Å². The number of amides is 1. The van der Waals surface area contributed by atoms with Gasteiger partial charge >= 0.3 is 0 Å². The summed E-state index contributed by atoms with van der Waals surface area (Å²) in [4.78, 5) is 12.4. The predicted octanol–water partition coefficient (Wildman–Crippen LogP) is 3.31. The lowest BCUT2D eigenvalue weighted by Crippen LogP contribution is -2.23. The van der Waals surface area contributed by atoms with Crippen molar-refractivity contribution in [3.8, 4) is 17.2 Å². The normalized spacial score (nSPS) is 15.7. The Morgan fingerprint density at radius 2 is 1.96 bits per heavy atom. The monoisotopic (exact) mass is 386 g/mol. The Labute approximate surface area is 164 Å². The minimum Gasteiger partial charge on any atom is -0.497 e. The number of anilines is 2. The highest BCUT2D eigenvalue weighted by Gasteiger charge is 2.17. The zero-order valence-electron chi connectivity index (χ0n) is 16.2. The van der Waals surface area contributed by atoms with Gasteiger partial charge in [0.15, 0.2) is 0 Å².